The molecule has 0 radical (unpaired) electrons. The number of guanidine groups is 1. The highest BCUT2D eigenvalue weighted by molar-refractivity contribution is 5.79. The van der Waals surface area contributed by atoms with Crippen molar-refractivity contribution >= 4 is 5.96 Å². The first-order chi connectivity index (χ1) is 13.5. The van der Waals surface area contributed by atoms with Crippen LogP contribution in [-0.2, 0) is 24.9 Å². The molecule has 0 aliphatic heterocycles. The monoisotopic (exact) mass is 392 g/mol. The average Bonchev–Trinajstić information content (AvgIpc) is 2.99. The van der Waals surface area contributed by atoms with Gasteiger partial charge < -0.3 is 24.3 Å². The summed E-state index contributed by atoms with van der Waals surface area (Å²) < 4.78 is 26.0. The fourth-order valence-electron chi connectivity index (χ4n) is 2.62. The van der Waals surface area contributed by atoms with Crippen molar-refractivity contribution in [2.24, 2.45) is 12.0 Å². The van der Waals surface area contributed by atoms with Crippen molar-refractivity contribution in [3.8, 4) is 5.75 Å². The standard InChI is InChI=1S/C19H29FN6O2/c1-14-23-24-18(26(14)3)12-22-19(21-9-6-10-27-4)25(2)13-15-7-8-17(28-5)16(20)11-15/h7-8,11H,6,9-10,12-13H2,1-5H3,(H,21,22). The number of nitrogens with zero attached hydrogens (tertiary/aromatic N) is 5. The van der Waals surface area contributed by atoms with Crippen LogP contribution >= 0.6 is 0 Å². The Morgan fingerprint density at radius 2 is 2.11 bits per heavy atom. The first kappa shape index (κ1) is 21.6. The van der Waals surface area contributed by atoms with Gasteiger partial charge in [-0.2, -0.15) is 0 Å². The highest BCUT2D eigenvalue weighted by atomic mass is 19.1. The molecule has 0 atom stereocenters. The predicted molar refractivity (Wildman–Crippen MR) is 106 cm³/mol. The molecule has 28 heavy (non-hydrogen) atoms. The Hall–Kier alpha value is -2.68. The van der Waals surface area contributed by atoms with E-state index in [9.17, 15) is 4.39 Å². The van der Waals surface area contributed by atoms with Crippen LogP contribution in [-0.4, -0.2) is 60.0 Å². The fourth-order valence-corrected chi connectivity index (χ4v) is 2.62. The minimum Gasteiger partial charge on any atom is -0.494 e. The quantitative estimate of drug-likeness (QED) is 0.399. The van der Waals surface area contributed by atoms with Gasteiger partial charge in [-0.1, -0.05) is 6.07 Å². The lowest BCUT2D eigenvalue weighted by atomic mass is 10.2. The lowest BCUT2D eigenvalue weighted by molar-refractivity contribution is 0.195. The Balaban J connectivity index is 2.10. The SMILES string of the molecule is COCCCNC(=NCc1nnc(C)n1C)N(C)Cc1ccc(OC)c(F)c1. The molecule has 0 aliphatic rings. The second-order valence-electron chi connectivity index (χ2n) is 6.46. The van der Waals surface area contributed by atoms with E-state index >= 15 is 0 Å². The predicted octanol–water partition coefficient (Wildman–Crippen LogP) is 1.89. The zero-order chi connectivity index (χ0) is 20.5. The third kappa shape index (κ3) is 5.91. The highest BCUT2D eigenvalue weighted by Gasteiger charge is 2.11. The molecule has 154 valence electrons. The molecule has 2 rings (SSSR count). The molecular weight excluding hydrogens is 363 g/mol. The Morgan fingerprint density at radius 1 is 1.32 bits per heavy atom. The smallest absolute Gasteiger partial charge is 0.194 e. The van der Waals surface area contributed by atoms with Crippen LogP contribution < -0.4 is 10.1 Å². The molecule has 0 amide bonds. The molecule has 0 saturated heterocycles. The van der Waals surface area contributed by atoms with Gasteiger partial charge in [0.1, 0.15) is 12.4 Å². The summed E-state index contributed by atoms with van der Waals surface area (Å²) in [5, 5.41) is 11.5. The van der Waals surface area contributed by atoms with E-state index in [-0.39, 0.29) is 11.6 Å². The number of benzene rings is 1. The van der Waals surface area contributed by atoms with E-state index in [1.807, 2.05) is 36.6 Å². The summed E-state index contributed by atoms with van der Waals surface area (Å²) in [6.07, 6.45) is 0.851. The van der Waals surface area contributed by atoms with E-state index in [2.05, 4.69) is 20.5 Å². The van der Waals surface area contributed by atoms with Gasteiger partial charge in [-0.3, -0.25) is 0 Å². The average molecular weight is 392 g/mol. The maximum atomic E-state index is 14.0. The van der Waals surface area contributed by atoms with Gasteiger partial charge in [0.25, 0.3) is 0 Å². The molecule has 0 spiro atoms. The molecule has 0 fully saturated rings. The van der Waals surface area contributed by atoms with Crippen LogP contribution in [0, 0.1) is 12.7 Å². The summed E-state index contributed by atoms with van der Waals surface area (Å²) in [5.74, 6) is 2.16. The number of methoxy groups -OCH3 is 2. The second kappa shape index (κ2) is 10.6. The first-order valence-corrected chi connectivity index (χ1v) is 9.12. The maximum absolute atomic E-state index is 14.0. The molecule has 8 nitrogen and oxygen atoms in total. The number of aliphatic imine (C=N–C) groups is 1. The Morgan fingerprint density at radius 3 is 2.71 bits per heavy atom. The molecule has 0 aliphatic carbocycles. The van der Waals surface area contributed by atoms with Crippen molar-refractivity contribution in [3.63, 3.8) is 0 Å². The lowest BCUT2D eigenvalue weighted by Crippen LogP contribution is -2.39. The third-order valence-corrected chi connectivity index (χ3v) is 4.36. The van der Waals surface area contributed by atoms with E-state index in [1.54, 1.807) is 13.2 Å². The number of hydrogen-bond donors (Lipinski definition) is 1. The molecule has 0 saturated carbocycles. The Bertz CT molecular complexity index is 793. The largest absolute Gasteiger partial charge is 0.494 e. The molecule has 0 bridgehead atoms. The zero-order valence-electron chi connectivity index (χ0n) is 17.2. The van der Waals surface area contributed by atoms with Crippen molar-refractivity contribution in [1.82, 2.24) is 25.0 Å². The summed E-state index contributed by atoms with van der Waals surface area (Å²) in [6.45, 7) is 4.16. The number of hydrogen-bond acceptors (Lipinski definition) is 5. The van der Waals surface area contributed by atoms with Gasteiger partial charge in [-0.15, -0.1) is 10.2 Å². The second-order valence-corrected chi connectivity index (χ2v) is 6.46. The number of aromatic nitrogens is 3. The van der Waals surface area contributed by atoms with Gasteiger partial charge in [0.15, 0.2) is 23.4 Å². The van der Waals surface area contributed by atoms with Crippen molar-refractivity contribution in [1.29, 1.82) is 0 Å². The summed E-state index contributed by atoms with van der Waals surface area (Å²) >= 11 is 0. The molecule has 0 unspecified atom stereocenters. The summed E-state index contributed by atoms with van der Waals surface area (Å²) in [5.41, 5.74) is 0.821. The Labute approximate surface area is 165 Å². The number of halogens is 1. The highest BCUT2D eigenvalue weighted by Crippen LogP contribution is 2.18. The summed E-state index contributed by atoms with van der Waals surface area (Å²) in [6, 6.07) is 4.95. The van der Waals surface area contributed by atoms with Crippen LogP contribution in [0.2, 0.25) is 0 Å². The molecule has 1 N–H and O–H groups in total. The van der Waals surface area contributed by atoms with E-state index in [1.165, 1.54) is 13.2 Å². The molecule has 1 aromatic carbocycles. The minimum absolute atomic E-state index is 0.232. The van der Waals surface area contributed by atoms with Gasteiger partial charge in [-0.25, -0.2) is 9.38 Å². The van der Waals surface area contributed by atoms with Crippen LogP contribution in [0.3, 0.4) is 0 Å². The molecule has 1 aromatic heterocycles. The zero-order valence-corrected chi connectivity index (χ0v) is 17.2. The summed E-state index contributed by atoms with van der Waals surface area (Å²) in [7, 11) is 6.95. The molecule has 2 aromatic rings. The first-order valence-electron chi connectivity index (χ1n) is 9.12. The third-order valence-electron chi connectivity index (χ3n) is 4.36. The lowest BCUT2D eigenvalue weighted by Gasteiger charge is -2.23. The fraction of sp³-hybridized carbons (Fsp3) is 0.526. The van der Waals surface area contributed by atoms with Crippen molar-refractivity contribution in [3.05, 3.63) is 41.2 Å². The van der Waals surface area contributed by atoms with Gasteiger partial charge >= 0.3 is 0 Å². The minimum atomic E-state index is -0.380. The van der Waals surface area contributed by atoms with Crippen molar-refractivity contribution < 1.29 is 13.9 Å². The van der Waals surface area contributed by atoms with Crippen LogP contribution in [0.1, 0.15) is 23.6 Å². The van der Waals surface area contributed by atoms with Crippen molar-refractivity contribution in [2.75, 3.05) is 34.4 Å². The number of nitrogens with one attached hydrogen (secondary N) is 1. The van der Waals surface area contributed by atoms with Gasteiger partial charge in [0, 0.05) is 40.9 Å². The van der Waals surface area contributed by atoms with Crippen LogP contribution in [0.15, 0.2) is 23.2 Å². The molecular formula is C19H29FN6O2. The van der Waals surface area contributed by atoms with Gasteiger partial charge in [0.2, 0.25) is 0 Å². The molecule has 1 heterocycles. The maximum Gasteiger partial charge on any atom is 0.194 e. The van der Waals surface area contributed by atoms with E-state index in [0.717, 1.165) is 23.6 Å². The van der Waals surface area contributed by atoms with Crippen molar-refractivity contribution in [2.45, 2.75) is 26.4 Å². The number of rotatable bonds is 9. The van der Waals surface area contributed by atoms with Crippen LogP contribution in [0.5, 0.6) is 5.75 Å². The topological polar surface area (TPSA) is 76.8 Å². The van der Waals surface area contributed by atoms with Crippen LogP contribution in [0.25, 0.3) is 0 Å². The van der Waals surface area contributed by atoms with E-state index < -0.39 is 0 Å². The van der Waals surface area contributed by atoms with E-state index in [4.69, 9.17) is 9.47 Å². The van der Waals surface area contributed by atoms with E-state index in [0.29, 0.717) is 32.2 Å². The normalized spacial score (nSPS) is 11.6. The Kier molecular flexibility index (Phi) is 8.19. The number of ether oxygens (including phenoxy) is 2. The van der Waals surface area contributed by atoms with Gasteiger partial charge in [-0.05, 0) is 31.0 Å². The van der Waals surface area contributed by atoms with Crippen LogP contribution in [0.4, 0.5) is 4.39 Å². The number of aryl methyl sites for hydroxylation is 1. The van der Waals surface area contributed by atoms with Gasteiger partial charge in [0.05, 0.1) is 7.11 Å². The molecule has 9 heteroatoms. The summed E-state index contributed by atoms with van der Waals surface area (Å²) in [4.78, 5) is 6.61.